The first-order valence-electron chi connectivity index (χ1n) is 27.1. The van der Waals surface area contributed by atoms with E-state index in [4.69, 9.17) is 61.6 Å². The lowest BCUT2D eigenvalue weighted by molar-refractivity contribution is -0.131. The van der Waals surface area contributed by atoms with Gasteiger partial charge in [-0.25, -0.2) is 0 Å². The van der Waals surface area contributed by atoms with Crippen molar-refractivity contribution in [1.82, 2.24) is 31.9 Å². The molecule has 0 bridgehead atoms. The highest BCUT2D eigenvalue weighted by atomic mass is 16.6. The maximum Gasteiger partial charge on any atom is 0.243 e. The Morgan fingerprint density at radius 3 is 1.13 bits per heavy atom. The summed E-state index contributed by atoms with van der Waals surface area (Å²) in [5, 5.41) is 15.3. The van der Waals surface area contributed by atoms with Crippen LogP contribution in [-0.2, 0) is 96.8 Å². The molecule has 0 aliphatic heterocycles. The van der Waals surface area contributed by atoms with Gasteiger partial charge >= 0.3 is 0 Å². The second-order valence-electron chi connectivity index (χ2n) is 17.8. The number of amides is 5. The molecule has 1 aromatic rings. The number of hydrogen-bond acceptors (Lipinski definition) is 20. The second kappa shape index (κ2) is 53.3. The Morgan fingerprint density at radius 1 is 0.385 bits per heavy atom. The van der Waals surface area contributed by atoms with Gasteiger partial charge in [-0.15, -0.1) is 0 Å². The quantitative estimate of drug-likeness (QED) is 0.0357. The van der Waals surface area contributed by atoms with Gasteiger partial charge < -0.3 is 88.2 Å². The lowest BCUT2D eigenvalue weighted by Crippen LogP contribution is -2.52. The van der Waals surface area contributed by atoms with Crippen molar-refractivity contribution in [2.45, 2.75) is 53.0 Å². The average Bonchev–Trinajstić information content (AvgIpc) is 3.42. The summed E-state index contributed by atoms with van der Waals surface area (Å²) >= 11 is 0. The Kier molecular flexibility index (Phi) is 49.0. The summed E-state index contributed by atoms with van der Waals surface area (Å²) in [7, 11) is 0. The fourth-order valence-corrected chi connectivity index (χ4v) is 5.94. The summed E-state index contributed by atoms with van der Waals surface area (Å²) in [5.74, 6) is -2.28. The predicted molar refractivity (Wildman–Crippen MR) is 287 cm³/mol. The monoisotopic (exact) mass is 1120 g/mol. The van der Waals surface area contributed by atoms with Crippen LogP contribution in [0.1, 0.15) is 46.1 Å². The Hall–Kier alpha value is -4.32. The number of ketones is 1. The minimum Gasteiger partial charge on any atom is -0.379 e. The van der Waals surface area contributed by atoms with Crippen LogP contribution in [0.25, 0.3) is 0 Å². The third-order valence-corrected chi connectivity index (χ3v) is 10.4. The standard InChI is InChI=1S/C53H94N6O19/c1-44(2)10-12-66-14-16-68-18-20-70-22-24-72-26-28-74-30-32-76-34-36-78-37-35-77-33-31-75-29-27-73-25-23-71-21-19-69-17-15-67-13-11-49(61)55-40-50(62)56-42-52(64)59-47(38-46-8-6-5-7-9-46)53(65)57-41-51(63)58-43-54-39-48(60)45(3)4/h5-9,44-45,47,54H,10-43H2,1-4H3,(H,55,61)(H,56,62)(H,57,65)(H,58,63)(H,59,64)/t47-/m0/s1. The molecule has 5 amide bonds. The van der Waals surface area contributed by atoms with Crippen LogP contribution >= 0.6 is 0 Å². The van der Waals surface area contributed by atoms with E-state index in [2.05, 4.69) is 45.7 Å². The average molecular weight is 1120 g/mol. The SMILES string of the molecule is CC(C)CCOCCOCCOCCOCCOCCOCCOCCOCCOCCOCCOCCOCCOCCC(=O)NCC(=O)NCC(=O)N[C@@H](Cc1ccccc1)C(=O)NCC(=O)NCNCC(=O)C(C)C. The highest BCUT2D eigenvalue weighted by Gasteiger charge is 2.22. The topological polar surface area (TPSA) is 295 Å². The van der Waals surface area contributed by atoms with E-state index in [1.165, 1.54) is 0 Å². The van der Waals surface area contributed by atoms with E-state index in [1.807, 2.05) is 6.07 Å². The molecule has 6 N–H and O–H groups in total. The van der Waals surface area contributed by atoms with E-state index in [-0.39, 0.29) is 64.1 Å². The summed E-state index contributed by atoms with van der Waals surface area (Å²) in [6.45, 7) is 18.8. The van der Waals surface area contributed by atoms with Gasteiger partial charge in [0.2, 0.25) is 29.5 Å². The third-order valence-electron chi connectivity index (χ3n) is 10.4. The Labute approximate surface area is 461 Å². The van der Waals surface area contributed by atoms with Crippen LogP contribution in [0, 0.1) is 11.8 Å². The summed E-state index contributed by atoms with van der Waals surface area (Å²) in [6.07, 6.45) is 1.20. The first kappa shape index (κ1) is 71.7. The number of hydrogen-bond donors (Lipinski definition) is 6. The zero-order chi connectivity index (χ0) is 56.8. The Bertz CT molecular complexity index is 1640. The van der Waals surface area contributed by atoms with Crippen molar-refractivity contribution in [3.63, 3.8) is 0 Å². The predicted octanol–water partition coefficient (Wildman–Crippen LogP) is -0.397. The fourth-order valence-electron chi connectivity index (χ4n) is 5.94. The summed E-state index contributed by atoms with van der Waals surface area (Å²) < 4.78 is 71.3. The Morgan fingerprint density at radius 2 is 0.731 bits per heavy atom. The van der Waals surface area contributed by atoms with E-state index < -0.39 is 42.1 Å². The van der Waals surface area contributed by atoms with Crippen LogP contribution < -0.4 is 31.9 Å². The van der Waals surface area contributed by atoms with Crippen molar-refractivity contribution < 1.29 is 90.3 Å². The molecule has 0 saturated heterocycles. The number of carbonyl (C=O) groups excluding carboxylic acids is 6. The van der Waals surface area contributed by atoms with Gasteiger partial charge in [-0.2, -0.15) is 0 Å². The van der Waals surface area contributed by atoms with Gasteiger partial charge in [-0.3, -0.25) is 34.1 Å². The lowest BCUT2D eigenvalue weighted by atomic mass is 10.1. The normalized spacial score (nSPS) is 11.7. The first-order valence-corrected chi connectivity index (χ1v) is 27.1. The van der Waals surface area contributed by atoms with Gasteiger partial charge in [0.25, 0.3) is 0 Å². The van der Waals surface area contributed by atoms with Crippen LogP contribution in [0.2, 0.25) is 0 Å². The van der Waals surface area contributed by atoms with Crippen molar-refractivity contribution in [3.8, 4) is 0 Å². The van der Waals surface area contributed by atoms with E-state index >= 15 is 0 Å². The van der Waals surface area contributed by atoms with Crippen molar-refractivity contribution in [2.75, 3.05) is 205 Å². The number of Topliss-reactive ketones (excluding diaryl/α,β-unsaturated/α-hetero) is 1. The molecule has 0 unspecified atom stereocenters. The first-order chi connectivity index (χ1) is 38.0. The largest absolute Gasteiger partial charge is 0.379 e. The van der Waals surface area contributed by atoms with Gasteiger partial charge in [0.15, 0.2) is 0 Å². The molecule has 1 aromatic carbocycles. The van der Waals surface area contributed by atoms with Gasteiger partial charge in [-0.05, 0) is 17.9 Å². The highest BCUT2D eigenvalue weighted by molar-refractivity contribution is 5.92. The van der Waals surface area contributed by atoms with Crippen LogP contribution in [0.5, 0.6) is 0 Å². The van der Waals surface area contributed by atoms with Gasteiger partial charge in [0.05, 0.1) is 198 Å². The Balaban J connectivity index is 1.87. The molecule has 0 heterocycles. The van der Waals surface area contributed by atoms with Crippen LogP contribution in [0.15, 0.2) is 30.3 Å². The number of carbonyl (C=O) groups is 6. The number of benzene rings is 1. The molecule has 25 nitrogen and oxygen atoms in total. The fraction of sp³-hybridized carbons (Fsp3) is 0.774. The molecule has 0 aliphatic carbocycles. The van der Waals surface area contributed by atoms with Crippen LogP contribution in [-0.4, -0.2) is 246 Å². The van der Waals surface area contributed by atoms with Gasteiger partial charge in [0, 0.05) is 25.4 Å². The van der Waals surface area contributed by atoms with Crippen LogP contribution in [0.4, 0.5) is 0 Å². The maximum absolute atomic E-state index is 13.0. The second-order valence-corrected chi connectivity index (χ2v) is 17.8. The molecule has 0 aromatic heterocycles. The maximum atomic E-state index is 13.0. The van der Waals surface area contributed by atoms with Crippen molar-refractivity contribution in [2.24, 2.45) is 11.8 Å². The molecule has 0 aliphatic rings. The lowest BCUT2D eigenvalue weighted by Gasteiger charge is -2.19. The summed E-state index contributed by atoms with van der Waals surface area (Å²) in [6, 6.07) is 7.90. The molecule has 0 fully saturated rings. The molecular weight excluding hydrogens is 1020 g/mol. The molecule has 0 radical (unpaired) electrons. The zero-order valence-corrected chi connectivity index (χ0v) is 46.9. The molecule has 0 saturated carbocycles. The molecule has 0 spiro atoms. The van der Waals surface area contributed by atoms with E-state index in [1.54, 1.807) is 38.1 Å². The molecule has 1 rings (SSSR count). The smallest absolute Gasteiger partial charge is 0.243 e. The van der Waals surface area contributed by atoms with Crippen molar-refractivity contribution >= 4 is 35.3 Å². The van der Waals surface area contributed by atoms with Crippen molar-refractivity contribution in [3.05, 3.63) is 35.9 Å². The number of ether oxygens (including phenoxy) is 13. The van der Waals surface area contributed by atoms with E-state index in [0.717, 1.165) is 18.6 Å². The van der Waals surface area contributed by atoms with E-state index in [0.29, 0.717) is 158 Å². The third kappa shape index (κ3) is 48.8. The minimum absolute atomic E-state index is 0.00332. The van der Waals surface area contributed by atoms with Gasteiger partial charge in [0.1, 0.15) is 11.8 Å². The van der Waals surface area contributed by atoms with E-state index in [9.17, 15) is 28.8 Å². The summed E-state index contributed by atoms with van der Waals surface area (Å²) in [5.41, 5.74) is 0.757. The molecular formula is C53H94N6O19. The molecule has 1 atom stereocenters. The molecule has 78 heavy (non-hydrogen) atoms. The zero-order valence-electron chi connectivity index (χ0n) is 46.9. The molecule has 25 heteroatoms. The minimum atomic E-state index is -1.05. The highest BCUT2D eigenvalue weighted by Crippen LogP contribution is 2.04. The number of rotatable bonds is 57. The van der Waals surface area contributed by atoms with Crippen molar-refractivity contribution in [1.29, 1.82) is 0 Å². The number of nitrogens with one attached hydrogen (secondary N) is 6. The van der Waals surface area contributed by atoms with Gasteiger partial charge in [-0.1, -0.05) is 58.0 Å². The molecule has 450 valence electrons. The summed E-state index contributed by atoms with van der Waals surface area (Å²) in [4.78, 5) is 74.2. The van der Waals surface area contributed by atoms with Crippen LogP contribution in [0.3, 0.4) is 0 Å².